The summed E-state index contributed by atoms with van der Waals surface area (Å²) >= 11 is 0. The van der Waals surface area contributed by atoms with Gasteiger partial charge in [0.1, 0.15) is 5.75 Å². The van der Waals surface area contributed by atoms with Crippen molar-refractivity contribution in [2.45, 2.75) is 33.3 Å². The molecule has 1 amide bonds. The molecule has 21 heavy (non-hydrogen) atoms. The molecule has 0 saturated carbocycles. The fourth-order valence-electron chi connectivity index (χ4n) is 2.05. The van der Waals surface area contributed by atoms with E-state index in [0.29, 0.717) is 12.2 Å². The standard InChI is InChI=1S/C18H21NO2/c1-4-17(21-16-10-8-13(2)9-11-16)18(20)19-15-7-5-6-14(3)12-15/h5-12,17H,4H2,1-3H3,(H,19,20). The fraction of sp³-hybridized carbons (Fsp3) is 0.278. The lowest BCUT2D eigenvalue weighted by molar-refractivity contribution is -0.122. The second-order valence-electron chi connectivity index (χ2n) is 5.19. The van der Waals surface area contributed by atoms with E-state index in [1.54, 1.807) is 0 Å². The van der Waals surface area contributed by atoms with Crippen molar-refractivity contribution in [2.24, 2.45) is 0 Å². The van der Waals surface area contributed by atoms with Gasteiger partial charge in [-0.2, -0.15) is 0 Å². The van der Waals surface area contributed by atoms with Crippen molar-refractivity contribution in [3.63, 3.8) is 0 Å². The highest BCUT2D eigenvalue weighted by Crippen LogP contribution is 2.16. The Kier molecular flexibility index (Phi) is 4.99. The molecule has 1 atom stereocenters. The molecule has 0 aliphatic rings. The van der Waals surface area contributed by atoms with Crippen LogP contribution in [0.15, 0.2) is 48.5 Å². The van der Waals surface area contributed by atoms with E-state index in [0.717, 1.165) is 11.3 Å². The van der Waals surface area contributed by atoms with Crippen LogP contribution in [0, 0.1) is 13.8 Å². The summed E-state index contributed by atoms with van der Waals surface area (Å²) in [4.78, 5) is 12.3. The Balaban J connectivity index is 2.03. The molecular formula is C18H21NO2. The van der Waals surface area contributed by atoms with Crippen LogP contribution in [-0.4, -0.2) is 12.0 Å². The number of rotatable bonds is 5. The molecule has 1 N–H and O–H groups in total. The number of nitrogens with one attached hydrogen (secondary N) is 1. The SMILES string of the molecule is CCC(Oc1ccc(C)cc1)C(=O)Nc1cccc(C)c1. The van der Waals surface area contributed by atoms with Crippen molar-refractivity contribution in [1.29, 1.82) is 0 Å². The molecule has 0 radical (unpaired) electrons. The average Bonchev–Trinajstić information content (AvgIpc) is 2.46. The van der Waals surface area contributed by atoms with Crippen LogP contribution in [0.2, 0.25) is 0 Å². The van der Waals surface area contributed by atoms with E-state index < -0.39 is 6.10 Å². The van der Waals surface area contributed by atoms with E-state index in [1.165, 1.54) is 5.56 Å². The second-order valence-corrected chi connectivity index (χ2v) is 5.19. The minimum Gasteiger partial charge on any atom is -0.481 e. The number of benzene rings is 2. The van der Waals surface area contributed by atoms with E-state index in [2.05, 4.69) is 5.32 Å². The predicted molar refractivity (Wildman–Crippen MR) is 85.7 cm³/mol. The third kappa shape index (κ3) is 4.35. The highest BCUT2D eigenvalue weighted by molar-refractivity contribution is 5.94. The van der Waals surface area contributed by atoms with Crippen molar-refractivity contribution < 1.29 is 9.53 Å². The maximum Gasteiger partial charge on any atom is 0.265 e. The van der Waals surface area contributed by atoms with Crippen LogP contribution >= 0.6 is 0 Å². The molecule has 0 aliphatic carbocycles. The largest absolute Gasteiger partial charge is 0.481 e. The smallest absolute Gasteiger partial charge is 0.265 e. The summed E-state index contributed by atoms with van der Waals surface area (Å²) in [7, 11) is 0. The number of aryl methyl sites for hydroxylation is 2. The predicted octanol–water partition coefficient (Wildman–Crippen LogP) is 4.10. The molecule has 110 valence electrons. The summed E-state index contributed by atoms with van der Waals surface area (Å²) in [6.07, 6.45) is 0.124. The summed E-state index contributed by atoms with van der Waals surface area (Å²) in [5.74, 6) is 0.593. The normalized spacial score (nSPS) is 11.8. The van der Waals surface area contributed by atoms with Crippen LogP contribution in [0.3, 0.4) is 0 Å². The summed E-state index contributed by atoms with van der Waals surface area (Å²) in [6.45, 7) is 5.95. The first-order valence-electron chi connectivity index (χ1n) is 7.19. The number of carbonyl (C=O) groups excluding carboxylic acids is 1. The molecule has 0 aliphatic heterocycles. The van der Waals surface area contributed by atoms with Gasteiger partial charge in [0.05, 0.1) is 0 Å². The number of amides is 1. The first kappa shape index (κ1) is 15.1. The lowest BCUT2D eigenvalue weighted by Crippen LogP contribution is -2.32. The van der Waals surface area contributed by atoms with Gasteiger partial charge in [-0.05, 0) is 50.1 Å². The molecule has 3 heteroatoms. The zero-order valence-corrected chi connectivity index (χ0v) is 12.7. The summed E-state index contributed by atoms with van der Waals surface area (Å²) in [5, 5.41) is 2.90. The highest BCUT2D eigenvalue weighted by atomic mass is 16.5. The van der Waals surface area contributed by atoms with E-state index in [4.69, 9.17) is 4.74 Å². The lowest BCUT2D eigenvalue weighted by atomic mass is 10.2. The van der Waals surface area contributed by atoms with Crippen LogP contribution in [0.5, 0.6) is 5.75 Å². The van der Waals surface area contributed by atoms with Gasteiger partial charge in [-0.25, -0.2) is 0 Å². The molecule has 0 spiro atoms. The number of ether oxygens (including phenoxy) is 1. The Hall–Kier alpha value is -2.29. The molecule has 1 unspecified atom stereocenters. The maximum absolute atomic E-state index is 12.3. The van der Waals surface area contributed by atoms with Crippen molar-refractivity contribution in [2.75, 3.05) is 5.32 Å². The number of anilines is 1. The third-order valence-corrected chi connectivity index (χ3v) is 3.25. The van der Waals surface area contributed by atoms with E-state index in [9.17, 15) is 4.79 Å². The fourth-order valence-corrected chi connectivity index (χ4v) is 2.05. The van der Waals surface area contributed by atoms with Crippen LogP contribution in [0.4, 0.5) is 5.69 Å². The molecule has 2 aromatic rings. The Morgan fingerprint density at radius 1 is 1.10 bits per heavy atom. The van der Waals surface area contributed by atoms with Crippen LogP contribution in [0.1, 0.15) is 24.5 Å². The van der Waals surface area contributed by atoms with Crippen molar-refractivity contribution in [1.82, 2.24) is 0 Å². The third-order valence-electron chi connectivity index (χ3n) is 3.25. The molecule has 0 bridgehead atoms. The van der Waals surface area contributed by atoms with Crippen LogP contribution < -0.4 is 10.1 Å². The molecule has 2 aromatic carbocycles. The first-order chi connectivity index (χ1) is 10.1. The van der Waals surface area contributed by atoms with Crippen molar-refractivity contribution in [3.05, 3.63) is 59.7 Å². The highest BCUT2D eigenvalue weighted by Gasteiger charge is 2.18. The lowest BCUT2D eigenvalue weighted by Gasteiger charge is -2.17. The Labute approximate surface area is 126 Å². The van der Waals surface area contributed by atoms with E-state index in [-0.39, 0.29) is 5.91 Å². The topological polar surface area (TPSA) is 38.3 Å². The van der Waals surface area contributed by atoms with Gasteiger partial charge in [-0.3, -0.25) is 4.79 Å². The van der Waals surface area contributed by atoms with E-state index in [1.807, 2.05) is 69.3 Å². The van der Waals surface area contributed by atoms with Gasteiger partial charge in [-0.1, -0.05) is 36.8 Å². The minimum atomic E-state index is -0.492. The maximum atomic E-state index is 12.3. The first-order valence-corrected chi connectivity index (χ1v) is 7.19. The second kappa shape index (κ2) is 6.93. The van der Waals surface area contributed by atoms with Crippen LogP contribution in [0.25, 0.3) is 0 Å². The molecule has 0 heterocycles. The zero-order chi connectivity index (χ0) is 15.2. The number of hydrogen-bond acceptors (Lipinski definition) is 2. The van der Waals surface area contributed by atoms with Gasteiger partial charge < -0.3 is 10.1 Å². The zero-order valence-electron chi connectivity index (χ0n) is 12.7. The Morgan fingerprint density at radius 3 is 2.43 bits per heavy atom. The van der Waals surface area contributed by atoms with Gasteiger partial charge in [0.15, 0.2) is 6.10 Å². The molecule has 2 rings (SSSR count). The van der Waals surface area contributed by atoms with Crippen LogP contribution in [-0.2, 0) is 4.79 Å². The van der Waals surface area contributed by atoms with Gasteiger partial charge in [-0.15, -0.1) is 0 Å². The van der Waals surface area contributed by atoms with Gasteiger partial charge >= 0.3 is 0 Å². The van der Waals surface area contributed by atoms with Crippen molar-refractivity contribution in [3.8, 4) is 5.75 Å². The molecular weight excluding hydrogens is 262 g/mol. The van der Waals surface area contributed by atoms with E-state index >= 15 is 0 Å². The van der Waals surface area contributed by atoms with Gasteiger partial charge in [0.2, 0.25) is 0 Å². The molecule has 0 aromatic heterocycles. The molecule has 3 nitrogen and oxygen atoms in total. The quantitative estimate of drug-likeness (QED) is 0.897. The monoisotopic (exact) mass is 283 g/mol. The molecule has 0 saturated heterocycles. The summed E-state index contributed by atoms with van der Waals surface area (Å²) in [5.41, 5.74) is 3.07. The average molecular weight is 283 g/mol. The minimum absolute atomic E-state index is 0.122. The number of hydrogen-bond donors (Lipinski definition) is 1. The Morgan fingerprint density at radius 2 is 1.81 bits per heavy atom. The molecule has 0 fully saturated rings. The summed E-state index contributed by atoms with van der Waals surface area (Å²) in [6, 6.07) is 15.5. The summed E-state index contributed by atoms with van der Waals surface area (Å²) < 4.78 is 5.77. The van der Waals surface area contributed by atoms with Gasteiger partial charge in [0, 0.05) is 5.69 Å². The van der Waals surface area contributed by atoms with Crippen molar-refractivity contribution >= 4 is 11.6 Å². The van der Waals surface area contributed by atoms with Gasteiger partial charge in [0.25, 0.3) is 5.91 Å². The Bertz CT molecular complexity index is 605. The number of carbonyl (C=O) groups is 1.